The third kappa shape index (κ3) is 3.71. The van der Waals surface area contributed by atoms with Crippen LogP contribution in [0.1, 0.15) is 33.4 Å². The van der Waals surface area contributed by atoms with Crippen molar-refractivity contribution < 1.29 is 13.4 Å². The molecule has 0 radical (unpaired) electrons. The Kier molecular flexibility index (Phi) is 4.49. The minimum atomic E-state index is -1.38. The first kappa shape index (κ1) is 15.7. The molecule has 0 amide bonds. The number of oxazole rings is 1. The van der Waals surface area contributed by atoms with Gasteiger partial charge in [-0.1, -0.05) is 16.5 Å². The molecule has 0 aliphatic rings. The van der Waals surface area contributed by atoms with E-state index in [0.717, 1.165) is 0 Å². The van der Waals surface area contributed by atoms with Crippen molar-refractivity contribution in [1.82, 2.24) is 4.98 Å². The number of aromatic nitrogens is 1. The van der Waals surface area contributed by atoms with Gasteiger partial charge in [-0.05, 0) is 39.8 Å². The fourth-order valence-corrected chi connectivity index (χ4v) is 2.12. The summed E-state index contributed by atoms with van der Waals surface area (Å²) in [5.74, 6) is -0.224. The molecule has 0 spiro atoms. The van der Waals surface area contributed by atoms with E-state index in [-0.39, 0.29) is 11.5 Å². The average Bonchev–Trinajstić information content (AvgIpc) is 2.87. The highest BCUT2D eigenvalue weighted by Gasteiger charge is 2.27. The van der Waals surface area contributed by atoms with Crippen LogP contribution in [-0.4, -0.2) is 20.0 Å². The lowest BCUT2D eigenvalue weighted by Gasteiger charge is -2.18. The number of hydrogen-bond donors (Lipinski definition) is 0. The maximum atomic E-state index is 13.7. The number of benzene rings is 1. The van der Waals surface area contributed by atoms with Gasteiger partial charge in [-0.2, -0.15) is 0 Å². The van der Waals surface area contributed by atoms with E-state index in [1.54, 1.807) is 25.1 Å². The van der Waals surface area contributed by atoms with Crippen LogP contribution in [0.15, 0.2) is 39.3 Å². The van der Waals surface area contributed by atoms with Crippen LogP contribution in [0.25, 0.3) is 11.5 Å². The van der Waals surface area contributed by atoms with Crippen LogP contribution in [0.2, 0.25) is 0 Å². The number of nitrogens with zero attached hydrogens (tertiary/aromatic N) is 2. The van der Waals surface area contributed by atoms with E-state index < -0.39 is 21.9 Å². The smallest absolute Gasteiger partial charge is 0.229 e. The van der Waals surface area contributed by atoms with Crippen molar-refractivity contribution in [2.75, 3.05) is 0 Å². The number of hydrogen-bond acceptors (Lipinski definition) is 4. The Morgan fingerprint density at radius 3 is 2.62 bits per heavy atom. The molecule has 112 valence electrons. The SMILES string of the molecule is CC(=N[S+]([O-])C(C)(C)C)c1coc(-c2ccccc2F)n1. The molecule has 4 nitrogen and oxygen atoms in total. The largest absolute Gasteiger partial charge is 0.591 e. The van der Waals surface area contributed by atoms with E-state index in [0.29, 0.717) is 11.4 Å². The normalized spacial score (nSPS) is 14.3. The Bertz CT molecular complexity index is 662. The average molecular weight is 308 g/mol. The first-order chi connectivity index (χ1) is 9.79. The predicted molar refractivity (Wildman–Crippen MR) is 82.0 cm³/mol. The lowest BCUT2D eigenvalue weighted by atomic mass is 10.2. The number of rotatable bonds is 3. The summed E-state index contributed by atoms with van der Waals surface area (Å²) in [5, 5.41) is 0. The maximum Gasteiger partial charge on any atom is 0.229 e. The Balaban J connectivity index is 2.28. The molecule has 0 aliphatic heterocycles. The van der Waals surface area contributed by atoms with Crippen molar-refractivity contribution in [3.8, 4) is 11.5 Å². The molecule has 21 heavy (non-hydrogen) atoms. The van der Waals surface area contributed by atoms with Crippen LogP contribution < -0.4 is 0 Å². The van der Waals surface area contributed by atoms with Crippen LogP contribution >= 0.6 is 0 Å². The summed E-state index contributed by atoms with van der Waals surface area (Å²) >= 11 is -1.38. The second kappa shape index (κ2) is 5.99. The topological polar surface area (TPSA) is 61.5 Å². The molecule has 0 bridgehead atoms. The van der Waals surface area contributed by atoms with Crippen LogP contribution in [0.5, 0.6) is 0 Å². The van der Waals surface area contributed by atoms with Gasteiger partial charge in [0.1, 0.15) is 39.6 Å². The van der Waals surface area contributed by atoms with E-state index in [9.17, 15) is 8.94 Å². The highest BCUT2D eigenvalue weighted by Crippen LogP contribution is 2.23. The summed E-state index contributed by atoms with van der Waals surface area (Å²) in [7, 11) is 0. The second-order valence-corrected chi connectivity index (χ2v) is 7.46. The lowest BCUT2D eigenvalue weighted by molar-refractivity contribution is 0.561. The molecule has 0 aliphatic carbocycles. The molecule has 2 aromatic rings. The van der Waals surface area contributed by atoms with Crippen molar-refractivity contribution in [1.29, 1.82) is 0 Å². The summed E-state index contributed by atoms with van der Waals surface area (Å²) in [5.41, 5.74) is 1.23. The summed E-state index contributed by atoms with van der Waals surface area (Å²) < 4.78 is 34.6. The van der Waals surface area contributed by atoms with Gasteiger partial charge in [-0.15, -0.1) is 0 Å². The fourth-order valence-electron chi connectivity index (χ4n) is 1.51. The monoisotopic (exact) mass is 308 g/mol. The quantitative estimate of drug-likeness (QED) is 0.641. The van der Waals surface area contributed by atoms with E-state index in [1.807, 2.05) is 20.8 Å². The molecular weight excluding hydrogens is 291 g/mol. The number of halogens is 1. The van der Waals surface area contributed by atoms with Crippen molar-refractivity contribution in [3.05, 3.63) is 42.0 Å². The Labute approximate surface area is 126 Å². The highest BCUT2D eigenvalue weighted by atomic mass is 32.2. The Hall–Kier alpha value is -1.66. The highest BCUT2D eigenvalue weighted by molar-refractivity contribution is 7.91. The van der Waals surface area contributed by atoms with Gasteiger partial charge >= 0.3 is 0 Å². The van der Waals surface area contributed by atoms with Crippen LogP contribution in [-0.2, 0) is 11.4 Å². The van der Waals surface area contributed by atoms with Gasteiger partial charge in [0, 0.05) is 0 Å². The van der Waals surface area contributed by atoms with Crippen molar-refractivity contribution in [3.63, 3.8) is 0 Å². The fraction of sp³-hybridized carbons (Fsp3) is 0.333. The molecule has 1 heterocycles. The zero-order chi connectivity index (χ0) is 15.6. The first-order valence-corrected chi connectivity index (χ1v) is 7.58. The molecule has 0 N–H and O–H groups in total. The molecule has 1 aromatic heterocycles. The zero-order valence-electron chi connectivity index (χ0n) is 12.4. The van der Waals surface area contributed by atoms with Gasteiger partial charge in [0.25, 0.3) is 0 Å². The zero-order valence-corrected chi connectivity index (χ0v) is 13.2. The van der Waals surface area contributed by atoms with Crippen molar-refractivity contribution >= 4 is 17.1 Å². The molecule has 2 rings (SSSR count). The first-order valence-electron chi connectivity index (χ1n) is 6.47. The minimum Gasteiger partial charge on any atom is -0.591 e. The molecular formula is C15H17FN2O2S. The lowest BCUT2D eigenvalue weighted by Crippen LogP contribution is -2.26. The van der Waals surface area contributed by atoms with E-state index in [1.165, 1.54) is 12.3 Å². The van der Waals surface area contributed by atoms with Gasteiger partial charge in [-0.3, -0.25) is 0 Å². The third-order valence-electron chi connectivity index (χ3n) is 2.72. The van der Waals surface area contributed by atoms with E-state index in [4.69, 9.17) is 4.42 Å². The maximum absolute atomic E-state index is 13.7. The van der Waals surface area contributed by atoms with Crippen molar-refractivity contribution in [2.24, 2.45) is 4.40 Å². The van der Waals surface area contributed by atoms with E-state index in [2.05, 4.69) is 9.38 Å². The molecule has 1 atom stereocenters. The van der Waals surface area contributed by atoms with Crippen molar-refractivity contribution in [2.45, 2.75) is 32.4 Å². The third-order valence-corrected chi connectivity index (χ3v) is 4.21. The van der Waals surface area contributed by atoms with Crippen LogP contribution in [0.4, 0.5) is 4.39 Å². The van der Waals surface area contributed by atoms with Gasteiger partial charge in [0.05, 0.1) is 5.56 Å². The Morgan fingerprint density at radius 1 is 1.33 bits per heavy atom. The summed E-state index contributed by atoms with van der Waals surface area (Å²) in [6.45, 7) is 7.22. The molecule has 0 saturated heterocycles. The van der Waals surface area contributed by atoms with Gasteiger partial charge in [0.15, 0.2) is 0 Å². The molecule has 0 saturated carbocycles. The van der Waals surface area contributed by atoms with Gasteiger partial charge < -0.3 is 8.97 Å². The second-order valence-electron chi connectivity index (χ2n) is 5.56. The minimum absolute atomic E-state index is 0.180. The molecule has 1 unspecified atom stereocenters. The van der Waals surface area contributed by atoms with Gasteiger partial charge in [-0.25, -0.2) is 9.37 Å². The van der Waals surface area contributed by atoms with Crippen LogP contribution in [0.3, 0.4) is 0 Å². The molecule has 6 heteroatoms. The molecule has 0 fully saturated rings. The van der Waals surface area contributed by atoms with Crippen LogP contribution in [0, 0.1) is 5.82 Å². The summed E-state index contributed by atoms with van der Waals surface area (Å²) in [6, 6.07) is 6.24. The molecule has 1 aromatic carbocycles. The predicted octanol–water partition coefficient (Wildman–Crippen LogP) is 3.75. The van der Waals surface area contributed by atoms with E-state index >= 15 is 0 Å². The summed E-state index contributed by atoms with van der Waals surface area (Å²) in [6.07, 6.45) is 1.39. The van der Waals surface area contributed by atoms with Gasteiger partial charge in [0.2, 0.25) is 5.89 Å². The standard InChI is InChI=1S/C15H17FN2O2S/c1-10(18-21(19)15(2,3)4)13-9-20-14(17-13)11-7-5-6-8-12(11)16/h5-9H,1-4H3. The Morgan fingerprint density at radius 2 is 2.00 bits per heavy atom. The summed E-state index contributed by atoms with van der Waals surface area (Å²) in [4.78, 5) is 4.20.